The fourth-order valence-electron chi connectivity index (χ4n) is 1.12. The Morgan fingerprint density at radius 2 is 2.50 bits per heavy atom. The Labute approximate surface area is 61.4 Å². The molecule has 0 aromatic carbocycles. The van der Waals surface area contributed by atoms with Gasteiger partial charge in [0.15, 0.2) is 0 Å². The molecule has 0 fully saturated rings. The summed E-state index contributed by atoms with van der Waals surface area (Å²) in [6.07, 6.45) is 9.01. The minimum atomic E-state index is 0.265. The highest BCUT2D eigenvalue weighted by Gasteiger charge is 2.01. The van der Waals surface area contributed by atoms with Gasteiger partial charge in [-0.15, -0.1) is 0 Å². The van der Waals surface area contributed by atoms with Crippen LogP contribution in [0.1, 0.15) is 26.2 Å². The van der Waals surface area contributed by atoms with Crippen LogP contribution in [0.4, 0.5) is 0 Å². The van der Waals surface area contributed by atoms with Crippen LogP contribution in [0.25, 0.3) is 0 Å². The van der Waals surface area contributed by atoms with Crippen molar-refractivity contribution in [1.29, 1.82) is 0 Å². The Hall–Kier alpha value is -0.850. The summed E-state index contributed by atoms with van der Waals surface area (Å²) in [4.78, 5) is 10.6. The van der Waals surface area contributed by atoms with Crippen molar-refractivity contribution in [3.05, 3.63) is 23.8 Å². The first kappa shape index (κ1) is 7.26. The third kappa shape index (κ3) is 2.18. The quantitative estimate of drug-likeness (QED) is 0.569. The predicted molar refractivity (Wildman–Crippen MR) is 41.8 cm³/mol. The number of rotatable bonds is 2. The molecule has 0 N–H and O–H groups in total. The van der Waals surface area contributed by atoms with E-state index in [0.717, 1.165) is 12.8 Å². The lowest BCUT2D eigenvalue weighted by atomic mass is 10.0. The van der Waals surface area contributed by atoms with Crippen LogP contribution in [0.3, 0.4) is 0 Å². The molecule has 0 aromatic heterocycles. The molecule has 0 heterocycles. The van der Waals surface area contributed by atoms with Crippen molar-refractivity contribution in [3.63, 3.8) is 0 Å². The van der Waals surface area contributed by atoms with Gasteiger partial charge in [-0.2, -0.15) is 0 Å². The molecule has 1 rings (SSSR count). The molecule has 0 saturated heterocycles. The predicted octanol–water partition coefficient (Wildman–Crippen LogP) is 2.24. The molecule has 0 spiro atoms. The van der Waals surface area contributed by atoms with Gasteiger partial charge in [0.2, 0.25) is 0 Å². The standard InChI is InChI=1S/C9H12O/c1-8(10)7-9-5-3-2-4-6-9/h2-3,5H,4,6-7H2,1H3. The van der Waals surface area contributed by atoms with Gasteiger partial charge in [-0.3, -0.25) is 4.79 Å². The molecule has 1 aliphatic carbocycles. The van der Waals surface area contributed by atoms with Gasteiger partial charge in [-0.25, -0.2) is 0 Å². The van der Waals surface area contributed by atoms with E-state index in [-0.39, 0.29) is 5.78 Å². The molecule has 0 aliphatic heterocycles. The van der Waals surface area contributed by atoms with Gasteiger partial charge in [0, 0.05) is 6.42 Å². The average molecular weight is 136 g/mol. The highest BCUT2D eigenvalue weighted by atomic mass is 16.1. The normalized spacial score (nSPS) is 16.7. The summed E-state index contributed by atoms with van der Waals surface area (Å²) in [7, 11) is 0. The first-order valence-electron chi connectivity index (χ1n) is 3.63. The molecule has 1 nitrogen and oxygen atoms in total. The number of ketones is 1. The second kappa shape index (κ2) is 3.35. The van der Waals surface area contributed by atoms with Crippen molar-refractivity contribution in [2.75, 3.05) is 0 Å². The SMILES string of the molecule is CC(=O)CC1=CC=CCC1. The largest absolute Gasteiger partial charge is 0.300 e. The highest BCUT2D eigenvalue weighted by Crippen LogP contribution is 2.14. The third-order valence-electron chi connectivity index (χ3n) is 1.58. The monoisotopic (exact) mass is 136 g/mol. The van der Waals surface area contributed by atoms with Crippen molar-refractivity contribution in [3.8, 4) is 0 Å². The lowest BCUT2D eigenvalue weighted by molar-refractivity contribution is -0.116. The van der Waals surface area contributed by atoms with Crippen molar-refractivity contribution >= 4 is 5.78 Å². The van der Waals surface area contributed by atoms with Gasteiger partial charge < -0.3 is 0 Å². The zero-order chi connectivity index (χ0) is 7.40. The van der Waals surface area contributed by atoms with Crippen LogP contribution in [-0.4, -0.2) is 5.78 Å². The molecule has 10 heavy (non-hydrogen) atoms. The fraction of sp³-hybridized carbons (Fsp3) is 0.444. The van der Waals surface area contributed by atoms with E-state index in [1.807, 2.05) is 12.2 Å². The third-order valence-corrected chi connectivity index (χ3v) is 1.58. The van der Waals surface area contributed by atoms with Gasteiger partial charge in [0.25, 0.3) is 0 Å². The first-order chi connectivity index (χ1) is 4.79. The minimum Gasteiger partial charge on any atom is -0.300 e. The van der Waals surface area contributed by atoms with E-state index in [9.17, 15) is 4.79 Å². The summed E-state index contributed by atoms with van der Waals surface area (Å²) in [6.45, 7) is 1.64. The number of allylic oxidation sites excluding steroid dienone is 4. The fourth-order valence-corrected chi connectivity index (χ4v) is 1.12. The zero-order valence-corrected chi connectivity index (χ0v) is 6.26. The summed E-state index contributed by atoms with van der Waals surface area (Å²) in [5, 5.41) is 0. The van der Waals surface area contributed by atoms with E-state index < -0.39 is 0 Å². The van der Waals surface area contributed by atoms with Gasteiger partial charge >= 0.3 is 0 Å². The highest BCUT2D eigenvalue weighted by molar-refractivity contribution is 5.78. The van der Waals surface area contributed by atoms with Crippen LogP contribution in [0.5, 0.6) is 0 Å². The number of Topliss-reactive ketones (excluding diaryl/α,β-unsaturated/α-hetero) is 1. The number of carbonyl (C=O) groups excluding carboxylic acids is 1. The van der Waals surface area contributed by atoms with Gasteiger partial charge in [0.1, 0.15) is 5.78 Å². The maximum Gasteiger partial charge on any atom is 0.133 e. The molecular weight excluding hydrogens is 124 g/mol. The van der Waals surface area contributed by atoms with Gasteiger partial charge in [0.05, 0.1) is 0 Å². The van der Waals surface area contributed by atoms with E-state index in [0.29, 0.717) is 6.42 Å². The number of hydrogen-bond acceptors (Lipinski definition) is 1. The van der Waals surface area contributed by atoms with Crippen LogP contribution in [0.2, 0.25) is 0 Å². The van der Waals surface area contributed by atoms with E-state index >= 15 is 0 Å². The number of carbonyl (C=O) groups is 1. The minimum absolute atomic E-state index is 0.265. The van der Waals surface area contributed by atoms with Crippen LogP contribution in [0, 0.1) is 0 Å². The van der Waals surface area contributed by atoms with Gasteiger partial charge in [-0.05, 0) is 19.8 Å². The zero-order valence-electron chi connectivity index (χ0n) is 6.26. The molecule has 0 aromatic rings. The lowest BCUT2D eigenvalue weighted by Gasteiger charge is -2.05. The molecule has 0 radical (unpaired) electrons. The maximum absolute atomic E-state index is 10.6. The average Bonchev–Trinajstić information content (AvgIpc) is 1.88. The first-order valence-corrected chi connectivity index (χ1v) is 3.63. The van der Waals surface area contributed by atoms with Crippen molar-refractivity contribution in [2.24, 2.45) is 0 Å². The van der Waals surface area contributed by atoms with E-state index in [4.69, 9.17) is 0 Å². The molecule has 0 unspecified atom stereocenters. The Kier molecular flexibility index (Phi) is 2.43. The van der Waals surface area contributed by atoms with Crippen LogP contribution in [-0.2, 0) is 4.79 Å². The van der Waals surface area contributed by atoms with Crippen LogP contribution < -0.4 is 0 Å². The summed E-state index contributed by atoms with van der Waals surface area (Å²) in [6, 6.07) is 0. The summed E-state index contributed by atoms with van der Waals surface area (Å²) in [5.74, 6) is 0.265. The number of hydrogen-bond donors (Lipinski definition) is 0. The van der Waals surface area contributed by atoms with Crippen molar-refractivity contribution in [1.82, 2.24) is 0 Å². The molecule has 0 amide bonds. The molecule has 0 bridgehead atoms. The molecule has 1 aliphatic rings. The van der Waals surface area contributed by atoms with E-state index in [1.54, 1.807) is 6.92 Å². The van der Waals surface area contributed by atoms with Crippen molar-refractivity contribution < 1.29 is 4.79 Å². The topological polar surface area (TPSA) is 17.1 Å². The van der Waals surface area contributed by atoms with E-state index in [2.05, 4.69) is 6.08 Å². The van der Waals surface area contributed by atoms with Crippen LogP contribution >= 0.6 is 0 Å². The van der Waals surface area contributed by atoms with Gasteiger partial charge in [-0.1, -0.05) is 23.8 Å². The Balaban J connectivity index is 2.47. The lowest BCUT2D eigenvalue weighted by Crippen LogP contribution is -1.95. The van der Waals surface area contributed by atoms with Crippen molar-refractivity contribution in [2.45, 2.75) is 26.2 Å². The second-order valence-corrected chi connectivity index (χ2v) is 2.67. The molecule has 0 atom stereocenters. The van der Waals surface area contributed by atoms with Crippen LogP contribution in [0.15, 0.2) is 23.8 Å². The van der Waals surface area contributed by atoms with E-state index in [1.165, 1.54) is 5.57 Å². The molecule has 54 valence electrons. The summed E-state index contributed by atoms with van der Waals surface area (Å²) < 4.78 is 0. The molecule has 1 heteroatoms. The maximum atomic E-state index is 10.6. The second-order valence-electron chi connectivity index (χ2n) is 2.67. The Morgan fingerprint density at radius 1 is 1.70 bits per heavy atom. The Morgan fingerprint density at radius 3 is 3.00 bits per heavy atom. The molecule has 0 saturated carbocycles. The summed E-state index contributed by atoms with van der Waals surface area (Å²) in [5.41, 5.74) is 1.27. The smallest absolute Gasteiger partial charge is 0.133 e. The Bertz CT molecular complexity index is 187. The summed E-state index contributed by atoms with van der Waals surface area (Å²) >= 11 is 0. The molecular formula is C9H12O.